The smallest absolute Gasteiger partial charge is 0.347 e. The topological polar surface area (TPSA) is 106 Å². The maximum atomic E-state index is 14.3. The Morgan fingerprint density at radius 1 is 0.983 bits per heavy atom. The zero-order chi connectivity index (χ0) is 41.8. The van der Waals surface area contributed by atoms with E-state index in [9.17, 15) is 9.18 Å². The lowest BCUT2D eigenvalue weighted by Gasteiger charge is -2.34. The van der Waals surface area contributed by atoms with Crippen molar-refractivity contribution in [1.29, 1.82) is 0 Å². The molecule has 4 bridgehead atoms. The molecule has 15 heteroatoms. The van der Waals surface area contributed by atoms with Gasteiger partial charge >= 0.3 is 5.97 Å². The van der Waals surface area contributed by atoms with Crippen LogP contribution in [-0.4, -0.2) is 106 Å². The van der Waals surface area contributed by atoms with Gasteiger partial charge in [-0.25, -0.2) is 29.1 Å². The molecule has 1 saturated heterocycles. The number of aromatic nitrogens is 4. The maximum absolute atomic E-state index is 14.3. The third-order valence-electron chi connectivity index (χ3n) is 11.0. The van der Waals surface area contributed by atoms with Crippen LogP contribution in [0.2, 0.25) is 5.02 Å². The molecule has 3 aliphatic rings. The molecule has 0 radical (unpaired) electrons. The zero-order valence-electron chi connectivity index (χ0n) is 34.1. The predicted octanol–water partition coefficient (Wildman–Crippen LogP) is 8.33. The van der Waals surface area contributed by atoms with E-state index in [1.165, 1.54) is 41.6 Å². The molecule has 0 amide bonds. The summed E-state index contributed by atoms with van der Waals surface area (Å²) < 4.78 is 33.1. The maximum Gasteiger partial charge on any atom is 0.347 e. The fourth-order valence-corrected chi connectivity index (χ4v) is 9.49. The second-order valence-electron chi connectivity index (χ2n) is 15.1. The fraction of sp³-hybridized carbons (Fsp3) is 0.356. The average Bonchev–Trinajstić information content (AvgIpc) is 3.65. The van der Waals surface area contributed by atoms with E-state index in [0.29, 0.717) is 39.2 Å². The van der Waals surface area contributed by atoms with Gasteiger partial charge < -0.3 is 19.1 Å². The lowest BCUT2D eigenvalue weighted by molar-refractivity contribution is -0.151. The van der Waals surface area contributed by atoms with E-state index in [0.717, 1.165) is 88.8 Å². The van der Waals surface area contributed by atoms with Crippen molar-refractivity contribution in [2.45, 2.75) is 51.2 Å². The molecule has 0 saturated carbocycles. The van der Waals surface area contributed by atoms with Gasteiger partial charge in [0.2, 0.25) is 12.0 Å². The molecule has 11 nitrogen and oxygen atoms in total. The lowest BCUT2D eigenvalue weighted by Crippen LogP contribution is -2.46. The number of thioether (sulfide) groups is 1. The summed E-state index contributed by atoms with van der Waals surface area (Å²) in [5.41, 5.74) is 6.92. The Labute approximate surface area is 362 Å². The molecule has 9 rings (SSSR count). The Kier molecular flexibility index (Phi) is 13.2. The Hall–Kier alpha value is -4.70. The molecule has 1 atom stereocenters. The molecule has 0 spiro atoms. The van der Waals surface area contributed by atoms with Gasteiger partial charge in [0.1, 0.15) is 29.3 Å². The molecule has 60 heavy (non-hydrogen) atoms. The van der Waals surface area contributed by atoms with Gasteiger partial charge in [0.05, 0.1) is 17.7 Å². The Morgan fingerprint density at radius 3 is 2.57 bits per heavy atom. The van der Waals surface area contributed by atoms with E-state index in [1.54, 1.807) is 25.3 Å². The minimum atomic E-state index is -1.10. The standard InChI is InChI=1S/C45H47ClFN7O4S2/c1-5-56-44(55)37-23-32-22-29(6-13-36(32)57-26-34-14-15-48-45(51-34)59-4)24-54(21-20-53-18-16-52(3)17-19-53)25-31-9-12-35(28(2)40(31)46)38-39-42(58-37)49-27-50-43(39)60-41(38)30-7-10-33(47)11-8-30/h6-15,22,27,37H,5,16-21,23-26H2,1-4H3/t37-/m1/s1. The van der Waals surface area contributed by atoms with Gasteiger partial charge in [-0.05, 0) is 84.8 Å². The number of esters is 1. The SMILES string of the molecule is CCOC(=O)[C@H]1Cc2cc(ccc2OCc2ccnc(SC)n2)CN(CCN2CCN(C)CC2)Cc2ccc(c(C)c2Cl)-c2c(-c3ccc(F)cc3)sc3ncnc(c23)O1. The largest absolute Gasteiger partial charge is 0.487 e. The summed E-state index contributed by atoms with van der Waals surface area (Å²) in [7, 11) is 2.17. The molecule has 6 aromatic rings. The number of benzene rings is 3. The minimum absolute atomic E-state index is 0.136. The van der Waals surface area contributed by atoms with Crippen LogP contribution in [-0.2, 0) is 35.6 Å². The highest BCUT2D eigenvalue weighted by Gasteiger charge is 2.30. The van der Waals surface area contributed by atoms with Crippen molar-refractivity contribution >= 4 is 50.9 Å². The molecule has 3 aromatic heterocycles. The normalized spacial score (nSPS) is 16.5. The average molecular weight is 869 g/mol. The van der Waals surface area contributed by atoms with E-state index in [1.807, 2.05) is 25.3 Å². The van der Waals surface area contributed by atoms with Crippen LogP contribution in [0.15, 0.2) is 78.3 Å². The highest BCUT2D eigenvalue weighted by molar-refractivity contribution is 7.98. The van der Waals surface area contributed by atoms with Crippen LogP contribution in [0.5, 0.6) is 11.6 Å². The number of ether oxygens (including phenoxy) is 3. The molecule has 1 fully saturated rings. The van der Waals surface area contributed by atoms with Gasteiger partial charge in [0, 0.05) is 80.4 Å². The molecule has 3 aliphatic heterocycles. The number of likely N-dealkylation sites (N-methyl/N-ethyl adjacent to an activating group) is 1. The summed E-state index contributed by atoms with van der Waals surface area (Å²) in [4.78, 5) is 41.0. The van der Waals surface area contributed by atoms with Crippen molar-refractivity contribution in [2.75, 3.05) is 59.2 Å². The Bertz CT molecular complexity index is 2480. The number of piperazine rings is 1. The van der Waals surface area contributed by atoms with Crippen LogP contribution in [0.4, 0.5) is 4.39 Å². The van der Waals surface area contributed by atoms with Crippen molar-refractivity contribution in [1.82, 2.24) is 34.6 Å². The predicted molar refractivity (Wildman–Crippen MR) is 235 cm³/mol. The summed E-state index contributed by atoms with van der Waals surface area (Å²) in [5.74, 6) is -0.0418. The summed E-state index contributed by atoms with van der Waals surface area (Å²) >= 11 is 10.3. The van der Waals surface area contributed by atoms with E-state index >= 15 is 0 Å². The fourth-order valence-electron chi connectivity index (χ4n) is 7.74. The van der Waals surface area contributed by atoms with Crippen LogP contribution < -0.4 is 9.47 Å². The number of thiophene rings is 1. The quantitative estimate of drug-likeness (QED) is 0.0751. The summed E-state index contributed by atoms with van der Waals surface area (Å²) in [6.07, 6.45) is 4.13. The minimum Gasteiger partial charge on any atom is -0.487 e. The number of fused-ring (bicyclic) bond motifs is 6. The first-order valence-corrected chi connectivity index (χ1v) is 22.5. The second-order valence-corrected chi connectivity index (χ2v) is 17.2. The van der Waals surface area contributed by atoms with Gasteiger partial charge in [-0.15, -0.1) is 11.3 Å². The first-order valence-electron chi connectivity index (χ1n) is 20.1. The summed E-state index contributed by atoms with van der Waals surface area (Å²) in [6.45, 7) is 11.3. The van der Waals surface area contributed by atoms with Crippen LogP contribution in [0.3, 0.4) is 0 Å². The van der Waals surface area contributed by atoms with E-state index in [2.05, 4.69) is 65.9 Å². The molecule has 312 valence electrons. The molecule has 6 heterocycles. The van der Waals surface area contributed by atoms with E-state index < -0.39 is 12.1 Å². The van der Waals surface area contributed by atoms with Crippen LogP contribution >= 0.6 is 34.7 Å². The number of carbonyl (C=O) groups is 1. The first-order chi connectivity index (χ1) is 29.2. The number of carbonyl (C=O) groups excluding carboxylic acids is 1. The van der Waals surface area contributed by atoms with Crippen LogP contribution in [0, 0.1) is 12.7 Å². The van der Waals surface area contributed by atoms with Gasteiger partial charge in [-0.2, -0.15) is 0 Å². The summed E-state index contributed by atoms with van der Waals surface area (Å²) in [5, 5.41) is 1.95. The van der Waals surface area contributed by atoms with Crippen molar-refractivity contribution in [3.05, 3.63) is 112 Å². The van der Waals surface area contributed by atoms with Gasteiger partial charge in [0.15, 0.2) is 5.16 Å². The first kappa shape index (κ1) is 42.0. The van der Waals surface area contributed by atoms with E-state index in [-0.39, 0.29) is 31.3 Å². The number of nitrogens with zero attached hydrogens (tertiary/aromatic N) is 7. The molecular formula is C45H47ClFN7O4S2. The molecular weight excluding hydrogens is 821 g/mol. The highest BCUT2D eigenvalue weighted by atomic mass is 35.5. The highest BCUT2D eigenvalue weighted by Crippen LogP contribution is 2.49. The molecule has 0 N–H and O–H groups in total. The molecule has 3 aromatic carbocycles. The third-order valence-corrected chi connectivity index (χ3v) is 13.2. The number of halogens is 2. The molecule has 0 unspecified atom stereocenters. The number of rotatable bonds is 10. The lowest BCUT2D eigenvalue weighted by atomic mass is 9.94. The number of hydrogen-bond donors (Lipinski definition) is 0. The monoisotopic (exact) mass is 867 g/mol. The number of hydrogen-bond acceptors (Lipinski definition) is 13. The van der Waals surface area contributed by atoms with Crippen LogP contribution in [0.25, 0.3) is 31.8 Å². The van der Waals surface area contributed by atoms with Crippen molar-refractivity contribution in [3.63, 3.8) is 0 Å². The van der Waals surface area contributed by atoms with Crippen molar-refractivity contribution < 1.29 is 23.4 Å². The zero-order valence-corrected chi connectivity index (χ0v) is 36.5. The van der Waals surface area contributed by atoms with Crippen molar-refractivity contribution in [3.8, 4) is 33.2 Å². The second kappa shape index (κ2) is 18.9. The van der Waals surface area contributed by atoms with Gasteiger partial charge in [-0.1, -0.05) is 59.8 Å². The molecule has 0 aliphatic carbocycles. The van der Waals surface area contributed by atoms with Gasteiger partial charge in [-0.3, -0.25) is 9.80 Å². The third kappa shape index (κ3) is 9.44. The van der Waals surface area contributed by atoms with Crippen LogP contribution in [0.1, 0.15) is 34.9 Å². The Morgan fingerprint density at radius 2 is 1.78 bits per heavy atom. The summed E-state index contributed by atoms with van der Waals surface area (Å²) in [6, 6.07) is 18.6. The van der Waals surface area contributed by atoms with Gasteiger partial charge in [0.25, 0.3) is 0 Å². The Balaban J connectivity index is 1.27. The van der Waals surface area contributed by atoms with E-state index in [4.69, 9.17) is 25.8 Å². The van der Waals surface area contributed by atoms with Crippen molar-refractivity contribution in [2.24, 2.45) is 0 Å².